The third kappa shape index (κ3) is 3.48. The number of benzene rings is 1. The smallest absolute Gasteiger partial charge is 0.0931 e. The molecule has 0 saturated carbocycles. The van der Waals surface area contributed by atoms with Crippen LogP contribution in [0.3, 0.4) is 0 Å². The molecule has 0 radical (unpaired) electrons. The van der Waals surface area contributed by atoms with Gasteiger partial charge in [-0.3, -0.25) is 4.90 Å². The Labute approximate surface area is 117 Å². The molecule has 0 amide bonds. The summed E-state index contributed by atoms with van der Waals surface area (Å²) in [6, 6.07) is 10.2. The number of halogens is 1. The predicted molar refractivity (Wildman–Crippen MR) is 80.1 cm³/mol. The lowest BCUT2D eigenvalue weighted by atomic mass is 10.1. The molecule has 0 spiro atoms. The number of nitrogens with zero attached hydrogens (tertiary/aromatic N) is 1. The van der Waals surface area contributed by atoms with Crippen LogP contribution in [0.5, 0.6) is 0 Å². The highest BCUT2D eigenvalue weighted by Crippen LogP contribution is 2.23. The molecule has 2 N–H and O–H groups in total. The summed E-state index contributed by atoms with van der Waals surface area (Å²) < 4.78 is 0.849. The standard InChI is InChI=1S/C14H17ClN2S/c1-10-7-11(3-5-13(10)16)8-17(2)9-12-4-6-14(15)18-12/h3-7H,8-9,16H2,1-2H3. The Balaban J connectivity index is 1.98. The highest BCUT2D eigenvalue weighted by molar-refractivity contribution is 7.16. The van der Waals surface area contributed by atoms with Crippen LogP contribution in [0.1, 0.15) is 16.0 Å². The van der Waals surface area contributed by atoms with Crippen molar-refractivity contribution in [1.82, 2.24) is 4.90 Å². The van der Waals surface area contributed by atoms with E-state index >= 15 is 0 Å². The fourth-order valence-corrected chi connectivity index (χ4v) is 3.07. The number of hydrogen-bond donors (Lipinski definition) is 1. The molecule has 0 atom stereocenters. The summed E-state index contributed by atoms with van der Waals surface area (Å²) in [5.74, 6) is 0. The minimum absolute atomic E-state index is 0.849. The van der Waals surface area contributed by atoms with Crippen molar-refractivity contribution in [3.63, 3.8) is 0 Å². The SMILES string of the molecule is Cc1cc(CN(C)Cc2ccc(Cl)s2)ccc1N. The van der Waals surface area contributed by atoms with Crippen LogP contribution in [-0.4, -0.2) is 11.9 Å². The van der Waals surface area contributed by atoms with E-state index < -0.39 is 0 Å². The van der Waals surface area contributed by atoms with Crippen LogP contribution < -0.4 is 5.73 Å². The van der Waals surface area contributed by atoms with Crippen molar-refractivity contribution in [2.45, 2.75) is 20.0 Å². The molecule has 0 saturated heterocycles. The maximum Gasteiger partial charge on any atom is 0.0931 e. The van der Waals surface area contributed by atoms with Gasteiger partial charge < -0.3 is 5.73 Å². The second-order valence-electron chi connectivity index (χ2n) is 4.57. The molecule has 2 rings (SSSR count). The summed E-state index contributed by atoms with van der Waals surface area (Å²) in [6.45, 7) is 3.87. The Morgan fingerprint density at radius 3 is 2.61 bits per heavy atom. The van der Waals surface area contributed by atoms with Crippen LogP contribution in [0.2, 0.25) is 4.34 Å². The Hall–Kier alpha value is -1.03. The molecule has 0 aliphatic heterocycles. The molecular weight excluding hydrogens is 264 g/mol. The number of rotatable bonds is 4. The number of hydrogen-bond acceptors (Lipinski definition) is 3. The van der Waals surface area contributed by atoms with Gasteiger partial charge in [-0.25, -0.2) is 0 Å². The van der Waals surface area contributed by atoms with E-state index in [1.165, 1.54) is 10.4 Å². The number of aryl methyl sites for hydroxylation is 1. The van der Waals surface area contributed by atoms with E-state index in [2.05, 4.69) is 30.1 Å². The normalized spacial score (nSPS) is 11.1. The van der Waals surface area contributed by atoms with E-state index in [0.717, 1.165) is 28.7 Å². The molecule has 2 aromatic rings. The molecular formula is C14H17ClN2S. The van der Waals surface area contributed by atoms with E-state index in [9.17, 15) is 0 Å². The van der Waals surface area contributed by atoms with Gasteiger partial charge in [0.2, 0.25) is 0 Å². The molecule has 4 heteroatoms. The Bertz CT molecular complexity index is 536. The van der Waals surface area contributed by atoms with E-state index in [-0.39, 0.29) is 0 Å². The van der Waals surface area contributed by atoms with Gasteiger partial charge in [-0.2, -0.15) is 0 Å². The van der Waals surface area contributed by atoms with Crippen LogP contribution in [-0.2, 0) is 13.1 Å². The van der Waals surface area contributed by atoms with Gasteiger partial charge in [0.15, 0.2) is 0 Å². The summed E-state index contributed by atoms with van der Waals surface area (Å²) in [5.41, 5.74) is 9.10. The number of nitrogens with two attached hydrogens (primary N) is 1. The first kappa shape index (κ1) is 13.4. The van der Waals surface area contributed by atoms with Crippen molar-refractivity contribution in [1.29, 1.82) is 0 Å². The minimum atomic E-state index is 0.849. The highest BCUT2D eigenvalue weighted by atomic mass is 35.5. The van der Waals surface area contributed by atoms with Gasteiger partial charge in [-0.1, -0.05) is 23.7 Å². The first-order chi connectivity index (χ1) is 8.54. The van der Waals surface area contributed by atoms with Crippen molar-refractivity contribution in [2.24, 2.45) is 0 Å². The van der Waals surface area contributed by atoms with Crippen LogP contribution in [0, 0.1) is 6.92 Å². The average Bonchev–Trinajstić information content (AvgIpc) is 2.69. The van der Waals surface area contributed by atoms with Gasteiger partial charge in [0.05, 0.1) is 4.34 Å². The maximum atomic E-state index is 5.93. The van der Waals surface area contributed by atoms with E-state index in [4.69, 9.17) is 17.3 Å². The minimum Gasteiger partial charge on any atom is -0.399 e. The third-order valence-corrected chi connectivity index (χ3v) is 4.06. The van der Waals surface area contributed by atoms with Gasteiger partial charge >= 0.3 is 0 Å². The Morgan fingerprint density at radius 1 is 1.22 bits per heavy atom. The molecule has 0 bridgehead atoms. The summed E-state index contributed by atoms with van der Waals surface area (Å²) in [5, 5.41) is 0. The van der Waals surface area contributed by atoms with Crippen molar-refractivity contribution in [3.8, 4) is 0 Å². The first-order valence-corrected chi connectivity index (χ1v) is 7.02. The number of thiophene rings is 1. The zero-order valence-electron chi connectivity index (χ0n) is 10.6. The number of nitrogen functional groups attached to an aromatic ring is 1. The average molecular weight is 281 g/mol. The van der Waals surface area contributed by atoms with Crippen LogP contribution in [0.4, 0.5) is 5.69 Å². The van der Waals surface area contributed by atoms with E-state index in [1.54, 1.807) is 11.3 Å². The molecule has 0 aliphatic carbocycles. The zero-order valence-corrected chi connectivity index (χ0v) is 12.2. The molecule has 2 nitrogen and oxygen atoms in total. The molecule has 0 aliphatic rings. The second-order valence-corrected chi connectivity index (χ2v) is 6.37. The topological polar surface area (TPSA) is 29.3 Å². The lowest BCUT2D eigenvalue weighted by Crippen LogP contribution is -2.16. The number of anilines is 1. The quantitative estimate of drug-likeness (QED) is 0.860. The first-order valence-electron chi connectivity index (χ1n) is 5.82. The summed E-state index contributed by atoms with van der Waals surface area (Å²) >= 11 is 7.56. The van der Waals surface area contributed by atoms with Crippen molar-refractivity contribution < 1.29 is 0 Å². The van der Waals surface area contributed by atoms with Crippen LogP contribution >= 0.6 is 22.9 Å². The summed E-state index contributed by atoms with van der Waals surface area (Å²) in [6.07, 6.45) is 0. The van der Waals surface area contributed by atoms with Crippen molar-refractivity contribution in [2.75, 3.05) is 12.8 Å². The summed E-state index contributed by atoms with van der Waals surface area (Å²) in [4.78, 5) is 3.56. The van der Waals surface area contributed by atoms with Crippen molar-refractivity contribution >= 4 is 28.6 Å². The summed E-state index contributed by atoms with van der Waals surface area (Å²) in [7, 11) is 2.11. The highest BCUT2D eigenvalue weighted by Gasteiger charge is 2.05. The fourth-order valence-electron chi connectivity index (χ4n) is 1.91. The van der Waals surface area contributed by atoms with E-state index in [1.807, 2.05) is 19.1 Å². The van der Waals surface area contributed by atoms with Crippen molar-refractivity contribution in [3.05, 3.63) is 50.7 Å². The molecule has 0 unspecified atom stereocenters. The third-order valence-electron chi connectivity index (χ3n) is 2.84. The lowest BCUT2D eigenvalue weighted by Gasteiger charge is -2.16. The monoisotopic (exact) mass is 280 g/mol. The van der Waals surface area contributed by atoms with Gasteiger partial charge in [0.25, 0.3) is 0 Å². The maximum absolute atomic E-state index is 5.93. The molecule has 18 heavy (non-hydrogen) atoms. The Kier molecular flexibility index (Phi) is 4.27. The van der Waals surface area contributed by atoms with Crippen LogP contribution in [0.25, 0.3) is 0 Å². The molecule has 1 aromatic heterocycles. The molecule has 1 heterocycles. The predicted octanol–water partition coefficient (Wildman–Crippen LogP) is 3.92. The Morgan fingerprint density at radius 2 is 2.00 bits per heavy atom. The van der Waals surface area contributed by atoms with Gasteiger partial charge in [-0.05, 0) is 43.3 Å². The molecule has 96 valence electrons. The molecule has 1 aromatic carbocycles. The zero-order chi connectivity index (χ0) is 13.1. The van der Waals surface area contributed by atoms with Crippen LogP contribution in [0.15, 0.2) is 30.3 Å². The van der Waals surface area contributed by atoms with Gasteiger partial charge in [-0.15, -0.1) is 11.3 Å². The van der Waals surface area contributed by atoms with Gasteiger partial charge in [0.1, 0.15) is 0 Å². The largest absolute Gasteiger partial charge is 0.399 e. The van der Waals surface area contributed by atoms with Gasteiger partial charge in [0, 0.05) is 23.7 Å². The van der Waals surface area contributed by atoms with E-state index in [0.29, 0.717) is 0 Å². The fraction of sp³-hybridized carbons (Fsp3) is 0.286. The molecule has 0 fully saturated rings. The second kappa shape index (κ2) is 5.74. The lowest BCUT2D eigenvalue weighted by molar-refractivity contribution is 0.322.